The Kier molecular flexibility index (Phi) is 4.85. The molecule has 1 aliphatic carbocycles. The van der Waals surface area contributed by atoms with Crippen molar-refractivity contribution in [3.05, 3.63) is 38.8 Å². The molecule has 2 aromatic rings. The number of aromatic nitrogens is 1. The van der Waals surface area contributed by atoms with Gasteiger partial charge < -0.3 is 5.32 Å². The van der Waals surface area contributed by atoms with Gasteiger partial charge in [-0.3, -0.25) is 0 Å². The number of halogens is 2. The van der Waals surface area contributed by atoms with Gasteiger partial charge in [0.15, 0.2) is 0 Å². The molecule has 1 unspecified atom stereocenters. The van der Waals surface area contributed by atoms with Crippen molar-refractivity contribution in [3.8, 4) is 10.6 Å². The van der Waals surface area contributed by atoms with E-state index in [0.717, 1.165) is 30.0 Å². The van der Waals surface area contributed by atoms with Crippen LogP contribution in [0.5, 0.6) is 0 Å². The molecule has 1 aliphatic rings. The van der Waals surface area contributed by atoms with Crippen LogP contribution < -0.4 is 5.32 Å². The molecule has 0 saturated carbocycles. The van der Waals surface area contributed by atoms with Gasteiger partial charge in [-0.15, -0.1) is 11.3 Å². The van der Waals surface area contributed by atoms with Crippen LogP contribution in [0, 0.1) is 0 Å². The van der Waals surface area contributed by atoms with E-state index in [1.54, 1.807) is 11.3 Å². The van der Waals surface area contributed by atoms with E-state index in [2.05, 4.69) is 12.2 Å². The van der Waals surface area contributed by atoms with Gasteiger partial charge >= 0.3 is 0 Å². The van der Waals surface area contributed by atoms with Crippen LogP contribution >= 0.6 is 34.5 Å². The summed E-state index contributed by atoms with van der Waals surface area (Å²) in [7, 11) is 0. The molecule has 0 radical (unpaired) electrons. The number of aryl methyl sites for hydroxylation is 1. The number of nitrogens with one attached hydrogen (secondary N) is 1. The van der Waals surface area contributed by atoms with Crippen LogP contribution in [-0.2, 0) is 6.42 Å². The minimum atomic E-state index is 0.386. The first kappa shape index (κ1) is 15.3. The minimum Gasteiger partial charge on any atom is -0.309 e. The molecule has 0 saturated heterocycles. The summed E-state index contributed by atoms with van der Waals surface area (Å²) in [5, 5.41) is 6.00. The lowest BCUT2D eigenvalue weighted by Crippen LogP contribution is -2.25. The number of nitrogens with zero attached hydrogens (tertiary/aromatic N) is 1. The minimum absolute atomic E-state index is 0.386. The Morgan fingerprint density at radius 2 is 2.24 bits per heavy atom. The first-order valence-electron chi connectivity index (χ1n) is 7.37. The Hall–Kier alpha value is -0.610. The Bertz CT molecular complexity index is 639. The largest absolute Gasteiger partial charge is 0.309 e. The van der Waals surface area contributed by atoms with Gasteiger partial charge in [0.1, 0.15) is 5.01 Å². The summed E-state index contributed by atoms with van der Waals surface area (Å²) in [4.78, 5) is 6.26. The molecule has 1 atom stereocenters. The quantitative estimate of drug-likeness (QED) is 0.795. The molecule has 0 fully saturated rings. The zero-order valence-electron chi connectivity index (χ0n) is 12.0. The van der Waals surface area contributed by atoms with Gasteiger partial charge in [0.05, 0.1) is 16.8 Å². The lowest BCUT2D eigenvalue weighted by atomic mass is 9.97. The van der Waals surface area contributed by atoms with Crippen molar-refractivity contribution < 1.29 is 0 Å². The van der Waals surface area contributed by atoms with Gasteiger partial charge in [0.25, 0.3) is 0 Å². The Morgan fingerprint density at radius 1 is 1.38 bits per heavy atom. The van der Waals surface area contributed by atoms with E-state index in [0.29, 0.717) is 16.1 Å². The average molecular weight is 341 g/mol. The highest BCUT2D eigenvalue weighted by atomic mass is 35.5. The van der Waals surface area contributed by atoms with Crippen molar-refractivity contribution in [2.24, 2.45) is 0 Å². The summed E-state index contributed by atoms with van der Waals surface area (Å²) >= 11 is 14.2. The Balaban J connectivity index is 1.96. The molecule has 0 amide bonds. The lowest BCUT2D eigenvalue weighted by Gasteiger charge is -2.22. The normalized spacial score (nSPS) is 17.8. The predicted molar refractivity (Wildman–Crippen MR) is 91.5 cm³/mol. The second-order valence-corrected chi connectivity index (χ2v) is 7.28. The third kappa shape index (κ3) is 3.26. The van der Waals surface area contributed by atoms with Crippen molar-refractivity contribution in [2.75, 3.05) is 6.54 Å². The van der Waals surface area contributed by atoms with Crippen LogP contribution in [0.25, 0.3) is 10.6 Å². The summed E-state index contributed by atoms with van der Waals surface area (Å²) in [5.74, 6) is 0. The lowest BCUT2D eigenvalue weighted by molar-refractivity contribution is 0.454. The summed E-state index contributed by atoms with van der Waals surface area (Å²) in [6, 6.07) is 5.94. The maximum atomic E-state index is 6.31. The maximum Gasteiger partial charge on any atom is 0.125 e. The van der Waals surface area contributed by atoms with Crippen molar-refractivity contribution in [3.63, 3.8) is 0 Å². The zero-order chi connectivity index (χ0) is 14.8. The molecule has 21 heavy (non-hydrogen) atoms. The first-order chi connectivity index (χ1) is 10.2. The number of rotatable bonds is 4. The molecule has 0 aliphatic heterocycles. The maximum absolute atomic E-state index is 6.31. The highest BCUT2D eigenvalue weighted by Gasteiger charge is 2.25. The van der Waals surface area contributed by atoms with Gasteiger partial charge in [-0.05, 0) is 50.4 Å². The Labute approximate surface area is 139 Å². The molecule has 1 heterocycles. The topological polar surface area (TPSA) is 24.9 Å². The molecular weight excluding hydrogens is 323 g/mol. The zero-order valence-corrected chi connectivity index (χ0v) is 14.3. The smallest absolute Gasteiger partial charge is 0.125 e. The van der Waals surface area contributed by atoms with Crippen molar-refractivity contribution in [1.82, 2.24) is 10.3 Å². The summed E-state index contributed by atoms with van der Waals surface area (Å²) < 4.78 is 0. The van der Waals surface area contributed by atoms with E-state index >= 15 is 0 Å². The van der Waals surface area contributed by atoms with Crippen LogP contribution in [-0.4, -0.2) is 11.5 Å². The summed E-state index contributed by atoms with van der Waals surface area (Å²) in [6.07, 6.45) is 4.65. The van der Waals surface area contributed by atoms with Gasteiger partial charge in [0.2, 0.25) is 0 Å². The van der Waals surface area contributed by atoms with Gasteiger partial charge in [-0.25, -0.2) is 4.98 Å². The number of hydrogen-bond donors (Lipinski definition) is 1. The Morgan fingerprint density at radius 3 is 3.05 bits per heavy atom. The molecule has 1 N–H and O–H groups in total. The second-order valence-electron chi connectivity index (χ2n) is 5.35. The first-order valence-corrected chi connectivity index (χ1v) is 8.94. The third-order valence-corrected chi connectivity index (χ3v) is 5.48. The second kappa shape index (κ2) is 6.66. The van der Waals surface area contributed by atoms with Crippen molar-refractivity contribution >= 4 is 34.5 Å². The monoisotopic (exact) mass is 340 g/mol. The SMILES string of the molecule is CCCNC1CCCc2sc(-c3cc(Cl)ccc3Cl)nc21. The van der Waals surface area contributed by atoms with E-state index in [9.17, 15) is 0 Å². The summed E-state index contributed by atoms with van der Waals surface area (Å²) in [6.45, 7) is 3.23. The van der Waals surface area contributed by atoms with Gasteiger partial charge in [-0.1, -0.05) is 30.1 Å². The molecule has 0 spiro atoms. The van der Waals surface area contributed by atoms with Crippen LogP contribution in [0.3, 0.4) is 0 Å². The fraction of sp³-hybridized carbons (Fsp3) is 0.438. The number of fused-ring (bicyclic) bond motifs is 1. The van der Waals surface area contributed by atoms with Gasteiger partial charge in [-0.2, -0.15) is 0 Å². The van der Waals surface area contributed by atoms with E-state index in [1.807, 2.05) is 18.2 Å². The molecule has 2 nitrogen and oxygen atoms in total. The van der Waals surface area contributed by atoms with Crippen molar-refractivity contribution in [2.45, 2.75) is 38.6 Å². The molecule has 1 aromatic carbocycles. The van der Waals surface area contributed by atoms with Crippen LogP contribution in [0.1, 0.15) is 42.8 Å². The van der Waals surface area contributed by atoms with E-state index in [4.69, 9.17) is 28.2 Å². The number of thiazole rings is 1. The number of hydrogen-bond acceptors (Lipinski definition) is 3. The van der Waals surface area contributed by atoms with Crippen molar-refractivity contribution in [1.29, 1.82) is 0 Å². The van der Waals surface area contributed by atoms with E-state index in [1.165, 1.54) is 23.4 Å². The molecule has 5 heteroatoms. The van der Waals surface area contributed by atoms with Crippen LogP contribution in [0.15, 0.2) is 18.2 Å². The fourth-order valence-electron chi connectivity index (χ4n) is 2.71. The predicted octanol–water partition coefficient (Wildman–Crippen LogP) is 5.49. The highest BCUT2D eigenvalue weighted by molar-refractivity contribution is 7.15. The van der Waals surface area contributed by atoms with E-state index < -0.39 is 0 Å². The van der Waals surface area contributed by atoms with Crippen LogP contribution in [0.2, 0.25) is 10.0 Å². The molecule has 0 bridgehead atoms. The fourth-order valence-corrected chi connectivity index (χ4v) is 4.34. The summed E-state index contributed by atoms with van der Waals surface area (Å²) in [5.41, 5.74) is 2.16. The molecule has 1 aromatic heterocycles. The van der Waals surface area contributed by atoms with E-state index in [-0.39, 0.29) is 0 Å². The third-order valence-electron chi connectivity index (χ3n) is 3.75. The standard InChI is InChI=1S/C16H18Cl2N2S/c1-2-8-19-13-4-3-5-14-15(13)20-16(21-14)11-9-10(17)6-7-12(11)18/h6-7,9,13,19H,2-5,8H2,1H3. The molecule has 3 rings (SSSR count). The number of benzene rings is 1. The molecular formula is C16H18Cl2N2S. The average Bonchev–Trinajstić information content (AvgIpc) is 2.92. The van der Waals surface area contributed by atoms with Gasteiger partial charge in [0, 0.05) is 15.5 Å². The molecule has 112 valence electrons. The van der Waals surface area contributed by atoms with Crippen LogP contribution in [0.4, 0.5) is 0 Å². The highest BCUT2D eigenvalue weighted by Crippen LogP contribution is 2.39.